The zero-order chi connectivity index (χ0) is 15.1. The summed E-state index contributed by atoms with van der Waals surface area (Å²) < 4.78 is 0. The minimum absolute atomic E-state index is 0.698. The molecule has 0 aromatic heterocycles. The SMILES string of the molecule is C#CCN(Cc1ccc(CNCC(C)C)cc1)CC1CC1. The second-order valence-corrected chi connectivity index (χ2v) is 6.66. The van der Waals surface area contributed by atoms with Crippen LogP contribution in [-0.4, -0.2) is 24.5 Å². The summed E-state index contributed by atoms with van der Waals surface area (Å²) in [5.74, 6) is 4.37. The number of nitrogens with one attached hydrogen (secondary N) is 1. The van der Waals surface area contributed by atoms with E-state index in [2.05, 4.69) is 54.3 Å². The number of rotatable bonds is 9. The standard InChI is InChI=1S/C19H28N2/c1-4-11-21(15-19-9-10-19)14-18-7-5-17(6-8-18)13-20-12-16(2)3/h1,5-8,16,19-20H,9-15H2,2-3H3. The third-order valence-corrected chi connectivity index (χ3v) is 3.84. The van der Waals surface area contributed by atoms with Crippen molar-refractivity contribution < 1.29 is 0 Å². The van der Waals surface area contributed by atoms with Gasteiger partial charge in [0, 0.05) is 19.6 Å². The van der Waals surface area contributed by atoms with Crippen molar-refractivity contribution in [2.45, 2.75) is 39.8 Å². The van der Waals surface area contributed by atoms with E-state index in [4.69, 9.17) is 6.42 Å². The minimum atomic E-state index is 0.698. The maximum Gasteiger partial charge on any atom is 0.0601 e. The first kappa shape index (κ1) is 16.1. The van der Waals surface area contributed by atoms with Crippen molar-refractivity contribution in [3.63, 3.8) is 0 Å². The van der Waals surface area contributed by atoms with E-state index in [0.29, 0.717) is 5.92 Å². The third kappa shape index (κ3) is 6.33. The van der Waals surface area contributed by atoms with Crippen molar-refractivity contribution in [1.29, 1.82) is 0 Å². The molecule has 1 aromatic carbocycles. The third-order valence-electron chi connectivity index (χ3n) is 3.84. The van der Waals surface area contributed by atoms with Gasteiger partial charge in [0.1, 0.15) is 0 Å². The summed E-state index contributed by atoms with van der Waals surface area (Å²) in [6.07, 6.45) is 8.24. The topological polar surface area (TPSA) is 15.3 Å². The van der Waals surface area contributed by atoms with Gasteiger partial charge in [0.15, 0.2) is 0 Å². The zero-order valence-electron chi connectivity index (χ0n) is 13.4. The fourth-order valence-electron chi connectivity index (χ4n) is 2.51. The van der Waals surface area contributed by atoms with Gasteiger partial charge < -0.3 is 5.32 Å². The molecule has 0 atom stereocenters. The molecule has 1 aliphatic rings. The summed E-state index contributed by atoms with van der Waals surface area (Å²) in [7, 11) is 0. The molecule has 114 valence electrons. The van der Waals surface area contributed by atoms with E-state index in [1.807, 2.05) is 0 Å². The van der Waals surface area contributed by atoms with E-state index < -0.39 is 0 Å². The Morgan fingerprint density at radius 1 is 1.24 bits per heavy atom. The summed E-state index contributed by atoms with van der Waals surface area (Å²) in [5.41, 5.74) is 2.71. The summed E-state index contributed by atoms with van der Waals surface area (Å²) >= 11 is 0. The predicted octanol–water partition coefficient (Wildman–Crippen LogP) is 3.28. The number of benzene rings is 1. The molecule has 1 fully saturated rings. The lowest BCUT2D eigenvalue weighted by atomic mass is 10.1. The van der Waals surface area contributed by atoms with Gasteiger partial charge in [-0.2, -0.15) is 0 Å². The second-order valence-electron chi connectivity index (χ2n) is 6.66. The van der Waals surface area contributed by atoms with Crippen LogP contribution in [0.5, 0.6) is 0 Å². The predicted molar refractivity (Wildman–Crippen MR) is 89.8 cm³/mol. The molecular weight excluding hydrogens is 256 g/mol. The minimum Gasteiger partial charge on any atom is -0.312 e. The monoisotopic (exact) mass is 284 g/mol. The lowest BCUT2D eigenvalue weighted by Crippen LogP contribution is -2.26. The fourth-order valence-corrected chi connectivity index (χ4v) is 2.51. The maximum atomic E-state index is 5.48. The molecule has 0 heterocycles. The highest BCUT2D eigenvalue weighted by Crippen LogP contribution is 2.30. The van der Waals surface area contributed by atoms with Crippen LogP contribution in [0, 0.1) is 24.2 Å². The summed E-state index contributed by atoms with van der Waals surface area (Å²) in [6, 6.07) is 8.94. The highest BCUT2D eigenvalue weighted by Gasteiger charge is 2.23. The summed E-state index contributed by atoms with van der Waals surface area (Å²) in [4.78, 5) is 2.39. The first-order valence-electron chi connectivity index (χ1n) is 8.11. The van der Waals surface area contributed by atoms with Gasteiger partial charge in [0.2, 0.25) is 0 Å². The van der Waals surface area contributed by atoms with Gasteiger partial charge in [0.05, 0.1) is 6.54 Å². The average molecular weight is 284 g/mol. The summed E-state index contributed by atoms with van der Waals surface area (Å²) in [5, 5.41) is 3.48. The van der Waals surface area contributed by atoms with Gasteiger partial charge in [-0.1, -0.05) is 44.0 Å². The Bertz CT molecular complexity index is 451. The number of hydrogen-bond acceptors (Lipinski definition) is 2. The average Bonchev–Trinajstić information content (AvgIpc) is 3.24. The summed E-state index contributed by atoms with van der Waals surface area (Å²) in [6.45, 7) is 9.37. The van der Waals surface area contributed by atoms with E-state index in [0.717, 1.165) is 38.6 Å². The van der Waals surface area contributed by atoms with E-state index in [-0.39, 0.29) is 0 Å². The Hall–Kier alpha value is -1.30. The first-order valence-corrected chi connectivity index (χ1v) is 8.11. The molecule has 0 saturated heterocycles. The largest absolute Gasteiger partial charge is 0.312 e. The Morgan fingerprint density at radius 3 is 2.48 bits per heavy atom. The molecule has 21 heavy (non-hydrogen) atoms. The van der Waals surface area contributed by atoms with E-state index in [9.17, 15) is 0 Å². The molecule has 0 bridgehead atoms. The van der Waals surface area contributed by atoms with Crippen molar-refractivity contribution in [3.05, 3.63) is 35.4 Å². The van der Waals surface area contributed by atoms with Crippen molar-refractivity contribution >= 4 is 0 Å². The van der Waals surface area contributed by atoms with Crippen LogP contribution in [0.1, 0.15) is 37.8 Å². The van der Waals surface area contributed by atoms with Gasteiger partial charge in [0.25, 0.3) is 0 Å². The molecule has 1 N–H and O–H groups in total. The molecule has 1 aliphatic carbocycles. The van der Waals surface area contributed by atoms with Crippen molar-refractivity contribution in [2.24, 2.45) is 11.8 Å². The molecule has 1 aromatic rings. The highest BCUT2D eigenvalue weighted by molar-refractivity contribution is 5.22. The van der Waals surface area contributed by atoms with Crippen LogP contribution in [0.4, 0.5) is 0 Å². The van der Waals surface area contributed by atoms with Gasteiger partial charge in [-0.25, -0.2) is 0 Å². The molecular formula is C19H28N2. The zero-order valence-corrected chi connectivity index (χ0v) is 13.4. The van der Waals surface area contributed by atoms with Gasteiger partial charge >= 0.3 is 0 Å². The smallest absolute Gasteiger partial charge is 0.0601 e. The normalized spacial score (nSPS) is 14.6. The van der Waals surface area contributed by atoms with Crippen LogP contribution in [0.3, 0.4) is 0 Å². The molecule has 2 heteroatoms. The molecule has 0 spiro atoms. The van der Waals surface area contributed by atoms with Crippen LogP contribution < -0.4 is 5.32 Å². The van der Waals surface area contributed by atoms with E-state index in [1.165, 1.54) is 24.0 Å². The van der Waals surface area contributed by atoms with Crippen LogP contribution in [0.25, 0.3) is 0 Å². The van der Waals surface area contributed by atoms with Crippen molar-refractivity contribution in [2.75, 3.05) is 19.6 Å². The highest BCUT2D eigenvalue weighted by atomic mass is 15.1. The fraction of sp³-hybridized carbons (Fsp3) is 0.579. The Labute approximate surface area is 129 Å². The molecule has 2 nitrogen and oxygen atoms in total. The Kier molecular flexibility index (Phi) is 6.29. The molecule has 2 rings (SSSR count). The Morgan fingerprint density at radius 2 is 1.90 bits per heavy atom. The second kappa shape index (κ2) is 8.22. The number of terminal acetylenes is 1. The number of hydrogen-bond donors (Lipinski definition) is 1. The van der Waals surface area contributed by atoms with Crippen LogP contribution in [0.15, 0.2) is 24.3 Å². The van der Waals surface area contributed by atoms with E-state index >= 15 is 0 Å². The molecule has 1 saturated carbocycles. The molecule has 0 amide bonds. The van der Waals surface area contributed by atoms with E-state index in [1.54, 1.807) is 0 Å². The quantitative estimate of drug-likeness (QED) is 0.700. The molecule has 0 aliphatic heterocycles. The van der Waals surface area contributed by atoms with Crippen LogP contribution in [0.2, 0.25) is 0 Å². The molecule has 0 unspecified atom stereocenters. The first-order chi connectivity index (χ1) is 10.2. The lowest BCUT2D eigenvalue weighted by molar-refractivity contribution is 0.286. The number of nitrogens with zero attached hydrogens (tertiary/aromatic N) is 1. The van der Waals surface area contributed by atoms with Gasteiger partial charge in [-0.15, -0.1) is 6.42 Å². The van der Waals surface area contributed by atoms with Crippen molar-refractivity contribution in [3.8, 4) is 12.3 Å². The lowest BCUT2D eigenvalue weighted by Gasteiger charge is -2.19. The van der Waals surface area contributed by atoms with Crippen molar-refractivity contribution in [1.82, 2.24) is 10.2 Å². The van der Waals surface area contributed by atoms with Crippen LogP contribution in [-0.2, 0) is 13.1 Å². The van der Waals surface area contributed by atoms with Gasteiger partial charge in [-0.3, -0.25) is 4.90 Å². The van der Waals surface area contributed by atoms with Gasteiger partial charge in [-0.05, 0) is 42.3 Å². The molecule has 0 radical (unpaired) electrons. The Balaban J connectivity index is 1.81. The van der Waals surface area contributed by atoms with Crippen LogP contribution >= 0.6 is 0 Å². The maximum absolute atomic E-state index is 5.48.